The Morgan fingerprint density at radius 2 is 2.38 bits per heavy atom. The third-order valence-electron chi connectivity index (χ3n) is 2.42. The van der Waals surface area contributed by atoms with Crippen molar-refractivity contribution >= 4 is 17.4 Å². The maximum Gasteiger partial charge on any atom is 0.256 e. The molecule has 1 amide bonds. The number of hydrogen-bond donors (Lipinski definition) is 2. The second kappa shape index (κ2) is 3.80. The van der Waals surface area contributed by atoms with Crippen LogP contribution in [-0.4, -0.2) is 27.3 Å². The van der Waals surface area contributed by atoms with Crippen LogP contribution in [0, 0.1) is 0 Å². The molecule has 0 spiro atoms. The summed E-state index contributed by atoms with van der Waals surface area (Å²) in [5, 5.41) is 2.87. The molecule has 0 saturated heterocycles. The number of carbonyl (C=O) groups is 1. The van der Waals surface area contributed by atoms with Crippen molar-refractivity contribution in [1.82, 2.24) is 14.4 Å². The molecule has 2 heterocycles. The van der Waals surface area contributed by atoms with Crippen molar-refractivity contribution in [3.8, 4) is 0 Å². The Morgan fingerprint density at radius 1 is 1.62 bits per heavy atom. The van der Waals surface area contributed by atoms with E-state index in [1.165, 1.54) is 0 Å². The predicted octanol–water partition coefficient (Wildman–Crippen LogP) is 0.432. The number of nitrogens with zero attached hydrogens (tertiary/aromatic N) is 3. The average molecular weight is 219 g/mol. The molecule has 0 bridgehead atoms. The molecule has 2 rings (SSSR count). The van der Waals surface area contributed by atoms with Gasteiger partial charge >= 0.3 is 0 Å². The highest BCUT2D eigenvalue weighted by atomic mass is 16.1. The number of imidazole rings is 1. The first-order valence-corrected chi connectivity index (χ1v) is 5.02. The van der Waals surface area contributed by atoms with E-state index in [4.69, 9.17) is 5.73 Å². The molecule has 0 saturated carbocycles. The van der Waals surface area contributed by atoms with Crippen LogP contribution >= 0.6 is 0 Å². The monoisotopic (exact) mass is 219 g/mol. The van der Waals surface area contributed by atoms with Crippen molar-refractivity contribution in [3.05, 3.63) is 23.8 Å². The van der Waals surface area contributed by atoms with Gasteiger partial charge in [0.1, 0.15) is 17.2 Å². The van der Waals surface area contributed by atoms with Gasteiger partial charge in [0.25, 0.3) is 5.91 Å². The van der Waals surface area contributed by atoms with E-state index in [1.807, 2.05) is 6.92 Å². The first kappa shape index (κ1) is 10.4. The van der Waals surface area contributed by atoms with Gasteiger partial charge in [0.15, 0.2) is 5.65 Å². The van der Waals surface area contributed by atoms with Gasteiger partial charge in [-0.15, -0.1) is 0 Å². The number of nitrogens with two attached hydrogens (primary N) is 1. The third-order valence-corrected chi connectivity index (χ3v) is 2.42. The van der Waals surface area contributed by atoms with Crippen LogP contribution in [-0.2, 0) is 6.42 Å². The smallest absolute Gasteiger partial charge is 0.256 e. The van der Waals surface area contributed by atoms with Gasteiger partial charge in [-0.1, -0.05) is 6.92 Å². The molecule has 0 aliphatic heterocycles. The summed E-state index contributed by atoms with van der Waals surface area (Å²) in [6, 6.07) is 0. The normalized spacial score (nSPS) is 10.6. The fourth-order valence-electron chi connectivity index (χ4n) is 1.70. The standard InChI is InChI=1S/C10H13N5O/c1-3-6-14-9(12-2)7(8(11)16)10-13-4-5-15(6)10/h4-5,12H,3H2,1-2H3,(H2,11,16). The summed E-state index contributed by atoms with van der Waals surface area (Å²) in [6.45, 7) is 1.99. The molecular weight excluding hydrogens is 206 g/mol. The zero-order valence-electron chi connectivity index (χ0n) is 9.19. The summed E-state index contributed by atoms with van der Waals surface area (Å²) < 4.78 is 1.78. The lowest BCUT2D eigenvalue weighted by molar-refractivity contribution is 0.100. The molecule has 84 valence electrons. The van der Waals surface area contributed by atoms with E-state index in [9.17, 15) is 4.79 Å². The van der Waals surface area contributed by atoms with Crippen molar-refractivity contribution in [2.75, 3.05) is 12.4 Å². The third kappa shape index (κ3) is 1.39. The van der Waals surface area contributed by atoms with Crippen LogP contribution in [0.3, 0.4) is 0 Å². The molecular formula is C10H13N5O. The molecule has 0 aliphatic rings. The van der Waals surface area contributed by atoms with Crippen LogP contribution in [0.2, 0.25) is 0 Å². The first-order chi connectivity index (χ1) is 7.69. The summed E-state index contributed by atoms with van der Waals surface area (Å²) in [5.41, 5.74) is 6.20. The van der Waals surface area contributed by atoms with Gasteiger partial charge in [0.05, 0.1) is 0 Å². The lowest BCUT2D eigenvalue weighted by atomic mass is 10.2. The zero-order chi connectivity index (χ0) is 11.7. The van der Waals surface area contributed by atoms with Gasteiger partial charge in [0, 0.05) is 25.9 Å². The summed E-state index contributed by atoms with van der Waals surface area (Å²) in [6.07, 6.45) is 4.15. The Balaban J connectivity index is 2.85. The fourth-order valence-corrected chi connectivity index (χ4v) is 1.70. The number of anilines is 1. The Bertz CT molecular complexity index is 545. The molecule has 2 aromatic heterocycles. The molecule has 0 aliphatic carbocycles. The maximum absolute atomic E-state index is 11.4. The van der Waals surface area contributed by atoms with Gasteiger partial charge in [0.2, 0.25) is 0 Å². The molecule has 2 aromatic rings. The van der Waals surface area contributed by atoms with Crippen molar-refractivity contribution in [1.29, 1.82) is 0 Å². The van der Waals surface area contributed by atoms with Crippen molar-refractivity contribution in [2.45, 2.75) is 13.3 Å². The fraction of sp³-hybridized carbons (Fsp3) is 0.300. The minimum atomic E-state index is -0.532. The Morgan fingerprint density at radius 3 is 2.94 bits per heavy atom. The molecule has 0 unspecified atom stereocenters. The molecule has 0 aromatic carbocycles. The number of fused-ring (bicyclic) bond motifs is 1. The number of amides is 1. The van der Waals surface area contributed by atoms with E-state index in [0.29, 0.717) is 17.0 Å². The second-order valence-corrected chi connectivity index (χ2v) is 3.34. The lowest BCUT2D eigenvalue weighted by Crippen LogP contribution is -2.18. The minimum Gasteiger partial charge on any atom is -0.372 e. The number of aromatic nitrogens is 3. The van der Waals surface area contributed by atoms with Gasteiger partial charge < -0.3 is 11.1 Å². The number of aryl methyl sites for hydroxylation is 1. The molecule has 3 N–H and O–H groups in total. The molecule has 0 fully saturated rings. The van der Waals surface area contributed by atoms with Gasteiger partial charge in [-0.2, -0.15) is 0 Å². The summed E-state index contributed by atoms with van der Waals surface area (Å²) in [4.78, 5) is 19.9. The zero-order valence-corrected chi connectivity index (χ0v) is 9.19. The molecule has 0 radical (unpaired) electrons. The Kier molecular flexibility index (Phi) is 2.47. The first-order valence-electron chi connectivity index (χ1n) is 5.02. The van der Waals surface area contributed by atoms with E-state index in [1.54, 1.807) is 23.8 Å². The average Bonchev–Trinajstić information content (AvgIpc) is 2.74. The number of hydrogen-bond acceptors (Lipinski definition) is 4. The second-order valence-electron chi connectivity index (χ2n) is 3.34. The quantitative estimate of drug-likeness (QED) is 0.784. The number of carbonyl (C=O) groups excluding carboxylic acids is 1. The minimum absolute atomic E-state index is 0.324. The van der Waals surface area contributed by atoms with Crippen molar-refractivity contribution < 1.29 is 4.79 Å². The predicted molar refractivity (Wildman–Crippen MR) is 60.4 cm³/mol. The largest absolute Gasteiger partial charge is 0.372 e. The van der Waals surface area contributed by atoms with Crippen molar-refractivity contribution in [3.63, 3.8) is 0 Å². The van der Waals surface area contributed by atoms with Crippen LogP contribution in [0.1, 0.15) is 23.1 Å². The van der Waals surface area contributed by atoms with Crippen LogP contribution in [0.5, 0.6) is 0 Å². The topological polar surface area (TPSA) is 85.3 Å². The number of nitrogens with one attached hydrogen (secondary N) is 1. The lowest BCUT2D eigenvalue weighted by Gasteiger charge is -2.10. The number of primary amides is 1. The van der Waals surface area contributed by atoms with E-state index < -0.39 is 5.91 Å². The van der Waals surface area contributed by atoms with E-state index in [0.717, 1.165) is 12.2 Å². The molecule has 6 heteroatoms. The van der Waals surface area contributed by atoms with Gasteiger partial charge in [-0.25, -0.2) is 9.97 Å². The van der Waals surface area contributed by atoms with E-state index in [-0.39, 0.29) is 0 Å². The Labute approximate surface area is 92.5 Å². The van der Waals surface area contributed by atoms with Gasteiger partial charge in [-0.3, -0.25) is 9.20 Å². The van der Waals surface area contributed by atoms with Crippen LogP contribution < -0.4 is 11.1 Å². The van der Waals surface area contributed by atoms with E-state index in [2.05, 4.69) is 15.3 Å². The van der Waals surface area contributed by atoms with Crippen LogP contribution in [0.25, 0.3) is 5.65 Å². The highest BCUT2D eigenvalue weighted by Crippen LogP contribution is 2.18. The van der Waals surface area contributed by atoms with Crippen LogP contribution in [0.15, 0.2) is 12.4 Å². The molecule has 6 nitrogen and oxygen atoms in total. The highest BCUT2D eigenvalue weighted by Gasteiger charge is 2.17. The summed E-state index contributed by atoms with van der Waals surface area (Å²) >= 11 is 0. The number of rotatable bonds is 3. The highest BCUT2D eigenvalue weighted by molar-refractivity contribution is 6.03. The maximum atomic E-state index is 11.4. The van der Waals surface area contributed by atoms with Gasteiger partial charge in [-0.05, 0) is 0 Å². The van der Waals surface area contributed by atoms with E-state index >= 15 is 0 Å². The molecule has 0 atom stereocenters. The summed E-state index contributed by atoms with van der Waals surface area (Å²) in [5.74, 6) is 0.778. The summed E-state index contributed by atoms with van der Waals surface area (Å²) in [7, 11) is 1.70. The van der Waals surface area contributed by atoms with Crippen LogP contribution in [0.4, 0.5) is 5.82 Å². The SMILES string of the molecule is CCc1nc(NC)c(C(N)=O)c2nccn12. The Hall–Kier alpha value is -2.11. The molecule has 16 heavy (non-hydrogen) atoms. The van der Waals surface area contributed by atoms with Crippen molar-refractivity contribution in [2.24, 2.45) is 5.73 Å².